The Morgan fingerprint density at radius 2 is 1.58 bits per heavy atom. The van der Waals surface area contributed by atoms with Gasteiger partial charge in [-0.3, -0.25) is 4.31 Å². The first kappa shape index (κ1) is 25.5. The number of aromatic amines is 1. The minimum Gasteiger partial charge on any atom is -0.494 e. The lowest BCUT2D eigenvalue weighted by molar-refractivity contribution is 0.419. The van der Waals surface area contributed by atoms with Gasteiger partial charge in [0.1, 0.15) is 0 Å². The lowest BCUT2D eigenvalue weighted by Gasteiger charge is -2.26. The molecule has 8 heteroatoms. The number of rotatable bonds is 10. The largest absolute Gasteiger partial charge is 0.494 e. The monoisotopic (exact) mass is 504 g/mol. The van der Waals surface area contributed by atoms with Gasteiger partial charge in [0.05, 0.1) is 28.4 Å². The maximum absolute atomic E-state index is 13.0. The highest BCUT2D eigenvalue weighted by atomic mass is 32.2. The van der Waals surface area contributed by atoms with Gasteiger partial charge >= 0.3 is 0 Å². The Balaban J connectivity index is 1.77. The second kappa shape index (κ2) is 11.0. The molecule has 0 aliphatic heterocycles. The van der Waals surface area contributed by atoms with Crippen molar-refractivity contribution in [3.8, 4) is 5.88 Å². The smallest absolute Gasteiger partial charge is 0.235 e. The van der Waals surface area contributed by atoms with Crippen LogP contribution in [0.4, 0.5) is 11.4 Å². The molecule has 0 saturated heterocycles. The molecule has 0 spiro atoms. The van der Waals surface area contributed by atoms with E-state index >= 15 is 0 Å². The molecule has 188 valence electrons. The number of benzene rings is 3. The van der Waals surface area contributed by atoms with E-state index in [-0.39, 0.29) is 11.6 Å². The maximum atomic E-state index is 13.0. The van der Waals surface area contributed by atoms with E-state index in [2.05, 4.69) is 4.98 Å². The molecule has 0 saturated carbocycles. The molecule has 1 aromatic heterocycles. The van der Waals surface area contributed by atoms with Crippen LogP contribution in [0.15, 0.2) is 83.9 Å². The van der Waals surface area contributed by atoms with E-state index in [0.717, 1.165) is 16.5 Å². The van der Waals surface area contributed by atoms with Gasteiger partial charge in [-0.1, -0.05) is 55.5 Å². The summed E-state index contributed by atoms with van der Waals surface area (Å²) in [6.07, 6.45) is 0.553. The van der Waals surface area contributed by atoms with Crippen LogP contribution in [0.1, 0.15) is 24.5 Å². The third-order valence-electron chi connectivity index (χ3n) is 5.90. The lowest BCUT2D eigenvalue weighted by atomic mass is 10.0. The highest BCUT2D eigenvalue weighted by Crippen LogP contribution is 2.32. The molecular weight excluding hydrogens is 472 g/mol. The Labute approximate surface area is 212 Å². The van der Waals surface area contributed by atoms with Crippen molar-refractivity contribution in [2.75, 3.05) is 37.2 Å². The minimum absolute atomic E-state index is 0.0518. The maximum Gasteiger partial charge on any atom is 0.235 e. The molecule has 4 rings (SSSR count). The normalized spacial score (nSPS) is 12.4. The van der Waals surface area contributed by atoms with E-state index in [1.807, 2.05) is 92.6 Å². The van der Waals surface area contributed by atoms with Crippen molar-refractivity contribution in [1.29, 1.82) is 0 Å². The summed E-state index contributed by atoms with van der Waals surface area (Å²) in [6.45, 7) is 2.85. The molecule has 4 aromatic rings. The van der Waals surface area contributed by atoms with Gasteiger partial charge in [-0.25, -0.2) is 13.4 Å². The van der Waals surface area contributed by atoms with E-state index in [1.165, 1.54) is 4.31 Å². The van der Waals surface area contributed by atoms with Crippen LogP contribution >= 0.6 is 0 Å². The number of H-pyrrole nitrogens is 1. The average molecular weight is 505 g/mol. The molecule has 0 amide bonds. The molecular formula is C28H32N4O3S. The molecule has 0 fully saturated rings. The molecule has 0 atom stereocenters. The summed E-state index contributed by atoms with van der Waals surface area (Å²) in [5.74, 6) is 0.147. The van der Waals surface area contributed by atoms with E-state index in [1.54, 1.807) is 12.1 Å². The molecule has 0 bridgehead atoms. The Bertz CT molecular complexity index is 1440. The standard InChI is InChI=1S/C28H32N4O3S/c1-4-20-36(34,35)32(19-18-31(2)3)23-16-14-22(15-17-23)29-27(21-10-6-5-7-11-21)26-24-12-8-9-13-25(24)30-28(26)33/h5-17,30,33H,4,18-20H2,1-3H3. The number of nitrogens with zero attached hydrogens (tertiary/aromatic N) is 3. The van der Waals surface area contributed by atoms with E-state index < -0.39 is 10.0 Å². The summed E-state index contributed by atoms with van der Waals surface area (Å²) >= 11 is 0. The first-order valence-electron chi connectivity index (χ1n) is 12.0. The Hall–Kier alpha value is -3.62. The second-order valence-electron chi connectivity index (χ2n) is 8.93. The Morgan fingerprint density at radius 1 is 0.917 bits per heavy atom. The van der Waals surface area contributed by atoms with Crippen LogP contribution in [0.2, 0.25) is 0 Å². The first-order chi connectivity index (χ1) is 17.3. The Morgan fingerprint density at radius 3 is 2.25 bits per heavy atom. The third-order valence-corrected chi connectivity index (χ3v) is 7.89. The van der Waals surface area contributed by atoms with Gasteiger partial charge in [0.15, 0.2) is 5.88 Å². The van der Waals surface area contributed by atoms with Crippen molar-refractivity contribution in [3.05, 3.63) is 90.0 Å². The molecule has 7 nitrogen and oxygen atoms in total. The molecule has 0 aliphatic rings. The number of para-hydroxylation sites is 1. The second-order valence-corrected chi connectivity index (χ2v) is 10.9. The molecule has 0 radical (unpaired) electrons. The number of aromatic hydroxyl groups is 1. The van der Waals surface area contributed by atoms with Gasteiger partial charge in [-0.05, 0) is 50.8 Å². The number of nitrogens with one attached hydrogen (secondary N) is 1. The lowest BCUT2D eigenvalue weighted by Crippen LogP contribution is -2.38. The van der Waals surface area contributed by atoms with Crippen molar-refractivity contribution < 1.29 is 13.5 Å². The van der Waals surface area contributed by atoms with Crippen molar-refractivity contribution in [2.24, 2.45) is 4.99 Å². The highest BCUT2D eigenvalue weighted by molar-refractivity contribution is 7.92. The fraction of sp³-hybridized carbons (Fsp3) is 0.250. The first-order valence-corrected chi connectivity index (χ1v) is 13.6. The van der Waals surface area contributed by atoms with Gasteiger partial charge in [0.2, 0.25) is 10.0 Å². The average Bonchev–Trinajstić information content (AvgIpc) is 3.19. The van der Waals surface area contributed by atoms with Gasteiger partial charge in [0, 0.05) is 29.6 Å². The van der Waals surface area contributed by atoms with Crippen LogP contribution in [0, 0.1) is 0 Å². The zero-order chi connectivity index (χ0) is 25.7. The van der Waals surface area contributed by atoms with Crippen LogP contribution in [-0.4, -0.2) is 62.1 Å². The quantitative estimate of drug-likeness (QED) is 0.292. The van der Waals surface area contributed by atoms with Crippen LogP contribution < -0.4 is 4.31 Å². The highest BCUT2D eigenvalue weighted by Gasteiger charge is 2.22. The van der Waals surface area contributed by atoms with Crippen molar-refractivity contribution >= 4 is 38.0 Å². The fourth-order valence-corrected chi connectivity index (χ4v) is 5.68. The predicted octanol–water partition coefficient (Wildman–Crippen LogP) is 5.15. The summed E-state index contributed by atoms with van der Waals surface area (Å²) < 4.78 is 27.4. The van der Waals surface area contributed by atoms with Gasteiger partial charge < -0.3 is 15.0 Å². The summed E-state index contributed by atoms with van der Waals surface area (Å²) in [7, 11) is 0.417. The SMILES string of the molecule is CCCS(=O)(=O)N(CCN(C)C)c1ccc(N=C(c2ccccc2)c2c(O)[nH]c3ccccc23)cc1. The molecule has 1 heterocycles. The number of hydrogen-bond donors (Lipinski definition) is 2. The molecule has 0 aliphatic carbocycles. The topological polar surface area (TPSA) is 89.0 Å². The number of likely N-dealkylation sites (N-methyl/N-ethyl adjacent to an activating group) is 1. The number of sulfonamides is 1. The summed E-state index contributed by atoms with van der Waals surface area (Å²) in [6, 6.07) is 24.6. The number of aromatic nitrogens is 1. The Kier molecular flexibility index (Phi) is 7.76. The van der Waals surface area contributed by atoms with E-state index in [4.69, 9.17) is 4.99 Å². The zero-order valence-corrected chi connectivity index (χ0v) is 21.7. The van der Waals surface area contributed by atoms with Crippen LogP contribution in [0.25, 0.3) is 10.9 Å². The number of aliphatic imine (C=N–C) groups is 1. The van der Waals surface area contributed by atoms with Crippen molar-refractivity contribution in [3.63, 3.8) is 0 Å². The molecule has 0 unspecified atom stereocenters. The summed E-state index contributed by atoms with van der Waals surface area (Å²) in [4.78, 5) is 9.92. The third kappa shape index (κ3) is 5.61. The predicted molar refractivity (Wildman–Crippen MR) is 148 cm³/mol. The van der Waals surface area contributed by atoms with Crippen LogP contribution in [0.5, 0.6) is 5.88 Å². The van der Waals surface area contributed by atoms with Crippen molar-refractivity contribution in [1.82, 2.24) is 9.88 Å². The van der Waals surface area contributed by atoms with Crippen LogP contribution in [-0.2, 0) is 10.0 Å². The number of hydrogen-bond acceptors (Lipinski definition) is 5. The molecule has 3 aromatic carbocycles. The van der Waals surface area contributed by atoms with Gasteiger partial charge in [-0.2, -0.15) is 0 Å². The zero-order valence-electron chi connectivity index (χ0n) is 20.8. The van der Waals surface area contributed by atoms with Crippen molar-refractivity contribution in [2.45, 2.75) is 13.3 Å². The molecule has 36 heavy (non-hydrogen) atoms. The summed E-state index contributed by atoms with van der Waals surface area (Å²) in [5.41, 5.74) is 4.20. The number of anilines is 1. The van der Waals surface area contributed by atoms with E-state index in [0.29, 0.717) is 42.2 Å². The van der Waals surface area contributed by atoms with Gasteiger partial charge in [0.25, 0.3) is 0 Å². The number of fused-ring (bicyclic) bond motifs is 1. The summed E-state index contributed by atoms with van der Waals surface area (Å²) in [5, 5.41) is 11.7. The molecule has 2 N–H and O–H groups in total. The van der Waals surface area contributed by atoms with E-state index in [9.17, 15) is 13.5 Å². The minimum atomic E-state index is -3.43. The van der Waals surface area contributed by atoms with Gasteiger partial charge in [-0.15, -0.1) is 0 Å². The van der Waals surface area contributed by atoms with Crippen LogP contribution in [0.3, 0.4) is 0 Å². The fourth-order valence-electron chi connectivity index (χ4n) is 4.14.